The van der Waals surface area contributed by atoms with Gasteiger partial charge < -0.3 is 0 Å². The molecule has 1 N–H and O–H groups in total. The Kier molecular flexibility index (Phi) is 4.11. The zero-order valence-corrected chi connectivity index (χ0v) is 14.5. The predicted molar refractivity (Wildman–Crippen MR) is 99.8 cm³/mol. The fraction of sp³-hybridized carbons (Fsp3) is 0.105. The Morgan fingerprint density at radius 1 is 1.12 bits per heavy atom. The zero-order valence-electron chi connectivity index (χ0n) is 13.6. The fourth-order valence-electron chi connectivity index (χ4n) is 2.80. The fourth-order valence-corrected chi connectivity index (χ4v) is 3.56. The first-order chi connectivity index (χ1) is 12.2. The Morgan fingerprint density at radius 3 is 2.68 bits per heavy atom. The van der Waals surface area contributed by atoms with E-state index in [-0.39, 0.29) is 5.56 Å². The third-order valence-electron chi connectivity index (χ3n) is 3.92. The summed E-state index contributed by atoms with van der Waals surface area (Å²) >= 11 is 1.57. The number of benzene rings is 1. The molecule has 1 aromatic carbocycles. The number of aryl methyl sites for hydroxylation is 1. The SMILES string of the molecule is Cc1[nH]n2c(=O)cc(CSc3ccccn3)nc2c1-c1ccccc1. The van der Waals surface area contributed by atoms with Crippen molar-refractivity contribution in [2.24, 2.45) is 0 Å². The Hall–Kier alpha value is -2.86. The molecule has 0 fully saturated rings. The standard InChI is InChI=1S/C19H16N4OS/c1-13-18(14-7-3-2-4-8-14)19-21-15(11-17(24)23(19)22-13)12-25-16-9-5-6-10-20-16/h2-11,22H,12H2,1H3. The summed E-state index contributed by atoms with van der Waals surface area (Å²) in [6.07, 6.45) is 1.76. The normalized spacial score (nSPS) is 11.1. The van der Waals surface area contributed by atoms with Gasteiger partial charge in [-0.1, -0.05) is 36.4 Å². The van der Waals surface area contributed by atoms with Gasteiger partial charge in [-0.25, -0.2) is 14.5 Å². The van der Waals surface area contributed by atoms with E-state index >= 15 is 0 Å². The van der Waals surface area contributed by atoms with Gasteiger partial charge in [0, 0.05) is 29.3 Å². The molecule has 25 heavy (non-hydrogen) atoms. The van der Waals surface area contributed by atoms with E-state index in [9.17, 15) is 4.79 Å². The van der Waals surface area contributed by atoms with E-state index in [0.717, 1.165) is 27.5 Å². The van der Waals surface area contributed by atoms with Gasteiger partial charge in [-0.2, -0.15) is 0 Å². The van der Waals surface area contributed by atoms with Crippen molar-refractivity contribution in [1.82, 2.24) is 19.6 Å². The average molecular weight is 348 g/mol. The van der Waals surface area contributed by atoms with Gasteiger partial charge in [0.15, 0.2) is 5.65 Å². The van der Waals surface area contributed by atoms with E-state index in [2.05, 4.69) is 10.1 Å². The number of pyridine rings is 1. The number of hydrogen-bond acceptors (Lipinski definition) is 4. The average Bonchev–Trinajstić information content (AvgIpc) is 2.98. The molecule has 4 aromatic rings. The lowest BCUT2D eigenvalue weighted by molar-refractivity contribution is 0.871. The van der Waals surface area contributed by atoms with Crippen molar-refractivity contribution in [1.29, 1.82) is 0 Å². The molecule has 0 aliphatic carbocycles. The van der Waals surface area contributed by atoms with E-state index < -0.39 is 0 Å². The maximum atomic E-state index is 12.5. The predicted octanol–water partition coefficient (Wildman–Crippen LogP) is 3.69. The van der Waals surface area contributed by atoms with Crippen LogP contribution in [-0.4, -0.2) is 19.6 Å². The zero-order chi connectivity index (χ0) is 17.2. The molecule has 3 aromatic heterocycles. The number of aromatic amines is 1. The highest BCUT2D eigenvalue weighted by atomic mass is 32.2. The Balaban J connectivity index is 1.77. The van der Waals surface area contributed by atoms with Gasteiger partial charge >= 0.3 is 0 Å². The van der Waals surface area contributed by atoms with E-state index in [1.165, 1.54) is 4.52 Å². The lowest BCUT2D eigenvalue weighted by atomic mass is 10.1. The maximum Gasteiger partial charge on any atom is 0.272 e. The van der Waals surface area contributed by atoms with Crippen molar-refractivity contribution in [3.05, 3.63) is 82.5 Å². The second kappa shape index (κ2) is 6.57. The minimum absolute atomic E-state index is 0.105. The number of aromatic nitrogens is 4. The van der Waals surface area contributed by atoms with Crippen LogP contribution in [0.4, 0.5) is 0 Å². The quantitative estimate of drug-likeness (QED) is 0.571. The van der Waals surface area contributed by atoms with Crippen LogP contribution in [0.1, 0.15) is 11.4 Å². The van der Waals surface area contributed by atoms with Crippen LogP contribution in [0.5, 0.6) is 0 Å². The number of nitrogens with one attached hydrogen (secondary N) is 1. The number of rotatable bonds is 4. The van der Waals surface area contributed by atoms with Gasteiger partial charge in [0.2, 0.25) is 0 Å². The summed E-state index contributed by atoms with van der Waals surface area (Å²) in [5.41, 5.74) is 4.23. The van der Waals surface area contributed by atoms with Crippen molar-refractivity contribution in [3.63, 3.8) is 0 Å². The van der Waals surface area contributed by atoms with Crippen LogP contribution in [0.2, 0.25) is 0 Å². The molecule has 0 aliphatic rings. The molecule has 0 radical (unpaired) electrons. The van der Waals surface area contributed by atoms with Gasteiger partial charge in [0.25, 0.3) is 5.56 Å². The van der Waals surface area contributed by atoms with E-state index in [1.54, 1.807) is 24.0 Å². The number of H-pyrrole nitrogens is 1. The second-order valence-electron chi connectivity index (χ2n) is 5.68. The summed E-state index contributed by atoms with van der Waals surface area (Å²) < 4.78 is 1.51. The third-order valence-corrected chi connectivity index (χ3v) is 4.90. The van der Waals surface area contributed by atoms with E-state index in [4.69, 9.17) is 4.98 Å². The number of fused-ring (bicyclic) bond motifs is 1. The number of hydrogen-bond donors (Lipinski definition) is 1. The molecule has 0 unspecified atom stereocenters. The van der Waals surface area contributed by atoms with Crippen LogP contribution in [-0.2, 0) is 5.75 Å². The molecule has 4 rings (SSSR count). The van der Waals surface area contributed by atoms with E-state index in [1.807, 2.05) is 55.5 Å². The van der Waals surface area contributed by atoms with Gasteiger partial charge in [0.1, 0.15) is 0 Å². The van der Waals surface area contributed by atoms with Gasteiger partial charge in [0.05, 0.1) is 10.7 Å². The summed E-state index contributed by atoms with van der Waals surface area (Å²) in [5, 5.41) is 4.03. The summed E-state index contributed by atoms with van der Waals surface area (Å²) in [6.45, 7) is 1.96. The molecule has 0 saturated heterocycles. The van der Waals surface area contributed by atoms with Crippen LogP contribution in [0.3, 0.4) is 0 Å². The largest absolute Gasteiger partial charge is 0.293 e. The maximum absolute atomic E-state index is 12.5. The van der Waals surface area contributed by atoms with Crippen LogP contribution < -0.4 is 5.56 Å². The lowest BCUT2D eigenvalue weighted by Crippen LogP contribution is -2.15. The number of nitrogens with zero attached hydrogens (tertiary/aromatic N) is 3. The molecule has 5 nitrogen and oxygen atoms in total. The molecular weight excluding hydrogens is 332 g/mol. The molecule has 6 heteroatoms. The van der Waals surface area contributed by atoms with Crippen molar-refractivity contribution < 1.29 is 0 Å². The lowest BCUT2D eigenvalue weighted by Gasteiger charge is -2.03. The first-order valence-electron chi connectivity index (χ1n) is 7.93. The highest BCUT2D eigenvalue weighted by Crippen LogP contribution is 2.27. The summed E-state index contributed by atoms with van der Waals surface area (Å²) in [5.74, 6) is 0.598. The van der Waals surface area contributed by atoms with Crippen molar-refractivity contribution >= 4 is 17.4 Å². The molecule has 0 spiro atoms. The summed E-state index contributed by atoms with van der Waals surface area (Å²) in [6, 6.07) is 17.4. The number of thioether (sulfide) groups is 1. The highest BCUT2D eigenvalue weighted by Gasteiger charge is 2.14. The molecule has 0 atom stereocenters. The molecular formula is C19H16N4OS. The van der Waals surface area contributed by atoms with Crippen LogP contribution in [0.25, 0.3) is 16.8 Å². The van der Waals surface area contributed by atoms with Crippen LogP contribution in [0, 0.1) is 6.92 Å². The smallest absolute Gasteiger partial charge is 0.272 e. The molecule has 3 heterocycles. The highest BCUT2D eigenvalue weighted by molar-refractivity contribution is 7.98. The molecule has 0 bridgehead atoms. The summed E-state index contributed by atoms with van der Waals surface area (Å²) in [7, 11) is 0. The second-order valence-corrected chi connectivity index (χ2v) is 6.67. The third kappa shape index (κ3) is 3.08. The Labute approximate surface area is 148 Å². The Bertz CT molecular complexity index is 1070. The van der Waals surface area contributed by atoms with Gasteiger partial charge in [-0.15, -0.1) is 11.8 Å². The minimum Gasteiger partial charge on any atom is -0.293 e. The first-order valence-corrected chi connectivity index (χ1v) is 8.91. The van der Waals surface area contributed by atoms with Crippen LogP contribution in [0.15, 0.2) is 70.6 Å². The minimum atomic E-state index is -0.105. The molecule has 0 aliphatic heterocycles. The first kappa shape index (κ1) is 15.7. The molecule has 124 valence electrons. The summed E-state index contributed by atoms with van der Waals surface area (Å²) in [4.78, 5) is 21.5. The molecule has 0 amide bonds. The monoisotopic (exact) mass is 348 g/mol. The van der Waals surface area contributed by atoms with Crippen molar-refractivity contribution in [3.8, 4) is 11.1 Å². The van der Waals surface area contributed by atoms with Crippen LogP contribution >= 0.6 is 11.8 Å². The molecule has 0 saturated carbocycles. The van der Waals surface area contributed by atoms with Gasteiger partial charge in [-0.3, -0.25) is 9.89 Å². The van der Waals surface area contributed by atoms with Gasteiger partial charge in [-0.05, 0) is 24.6 Å². The van der Waals surface area contributed by atoms with Crippen molar-refractivity contribution in [2.45, 2.75) is 17.7 Å². The Morgan fingerprint density at radius 2 is 1.92 bits per heavy atom. The van der Waals surface area contributed by atoms with E-state index in [0.29, 0.717) is 11.4 Å². The van der Waals surface area contributed by atoms with Crippen molar-refractivity contribution in [2.75, 3.05) is 0 Å². The topological polar surface area (TPSA) is 63.0 Å².